The summed E-state index contributed by atoms with van der Waals surface area (Å²) < 4.78 is 22.5. The van der Waals surface area contributed by atoms with Crippen molar-refractivity contribution in [3.05, 3.63) is 58.6 Å². The van der Waals surface area contributed by atoms with E-state index in [4.69, 9.17) is 30.5 Å². The Morgan fingerprint density at radius 1 is 0.938 bits per heavy atom. The molecule has 176 valence electrons. The van der Waals surface area contributed by atoms with Crippen LogP contribution in [0.4, 0.5) is 0 Å². The molecule has 0 aromatic heterocycles. The van der Waals surface area contributed by atoms with Crippen molar-refractivity contribution in [2.45, 2.75) is 37.1 Å². The molecule has 0 spiro atoms. The highest BCUT2D eigenvalue weighted by Crippen LogP contribution is 2.38. The first kappa shape index (κ1) is 24.8. The van der Waals surface area contributed by atoms with Gasteiger partial charge in [-0.3, -0.25) is 0 Å². The van der Waals surface area contributed by atoms with E-state index in [1.165, 1.54) is 0 Å². The number of aliphatic hydroxyl groups is 1. The highest BCUT2D eigenvalue weighted by Gasteiger charge is 2.35. The van der Waals surface area contributed by atoms with Crippen molar-refractivity contribution < 1.29 is 24.1 Å². The second kappa shape index (κ2) is 10.9. The first-order valence-corrected chi connectivity index (χ1v) is 11.3. The Hall–Kier alpha value is -1.83. The maximum absolute atomic E-state index is 11.1. The highest BCUT2D eigenvalue weighted by molar-refractivity contribution is 6.30. The van der Waals surface area contributed by atoms with Gasteiger partial charge >= 0.3 is 0 Å². The normalized spacial score (nSPS) is 16.7. The fourth-order valence-corrected chi connectivity index (χ4v) is 4.60. The van der Waals surface area contributed by atoms with Gasteiger partial charge in [-0.1, -0.05) is 23.7 Å². The zero-order valence-electron chi connectivity index (χ0n) is 19.4. The van der Waals surface area contributed by atoms with Gasteiger partial charge in [-0.2, -0.15) is 0 Å². The van der Waals surface area contributed by atoms with Crippen molar-refractivity contribution in [3.63, 3.8) is 0 Å². The summed E-state index contributed by atoms with van der Waals surface area (Å²) in [4.78, 5) is 2.38. The minimum absolute atomic E-state index is 0.640. The van der Waals surface area contributed by atoms with Crippen LogP contribution in [0.5, 0.6) is 11.5 Å². The molecule has 0 bridgehead atoms. The second-order valence-corrected chi connectivity index (χ2v) is 8.65. The molecule has 1 aliphatic heterocycles. The molecule has 0 amide bonds. The molecule has 32 heavy (non-hydrogen) atoms. The van der Waals surface area contributed by atoms with Crippen molar-refractivity contribution in [1.29, 1.82) is 0 Å². The lowest BCUT2D eigenvalue weighted by atomic mass is 9.84. The Balaban J connectivity index is 1.59. The molecule has 6 nitrogen and oxygen atoms in total. The average molecular weight is 464 g/mol. The SMILES string of the molecule is COc1ccc(C(CCCN2CCC(O)(c3ccc(Cl)cc3)CC2)(OC)OC)cc1OC. The van der Waals surface area contributed by atoms with E-state index in [0.717, 1.165) is 37.2 Å². The van der Waals surface area contributed by atoms with Gasteiger partial charge in [0, 0.05) is 44.3 Å². The molecule has 7 heteroatoms. The van der Waals surface area contributed by atoms with E-state index in [9.17, 15) is 5.11 Å². The lowest BCUT2D eigenvalue weighted by molar-refractivity contribution is -0.221. The molecular weight excluding hydrogens is 430 g/mol. The van der Waals surface area contributed by atoms with Gasteiger partial charge in [0.15, 0.2) is 17.3 Å². The minimum atomic E-state index is -0.862. The molecule has 1 saturated heterocycles. The zero-order chi connectivity index (χ0) is 23.2. The molecule has 2 aromatic rings. The van der Waals surface area contributed by atoms with E-state index in [-0.39, 0.29) is 0 Å². The van der Waals surface area contributed by atoms with Gasteiger partial charge in [-0.15, -0.1) is 0 Å². The molecule has 1 aliphatic rings. The van der Waals surface area contributed by atoms with Crippen molar-refractivity contribution in [2.75, 3.05) is 48.1 Å². The van der Waals surface area contributed by atoms with Gasteiger partial charge in [-0.05, 0) is 61.7 Å². The summed E-state index contributed by atoms with van der Waals surface area (Å²) >= 11 is 5.99. The number of rotatable bonds is 10. The van der Waals surface area contributed by atoms with E-state index in [0.29, 0.717) is 35.8 Å². The summed E-state index contributed by atoms with van der Waals surface area (Å²) in [6, 6.07) is 13.2. The highest BCUT2D eigenvalue weighted by atomic mass is 35.5. The number of halogens is 1. The van der Waals surface area contributed by atoms with Crippen LogP contribution in [0.2, 0.25) is 5.02 Å². The summed E-state index contributed by atoms with van der Waals surface area (Å²) in [5.41, 5.74) is 1.03. The molecule has 3 rings (SSSR count). The molecule has 0 unspecified atom stereocenters. The van der Waals surface area contributed by atoms with Gasteiger partial charge in [0.1, 0.15) is 0 Å². The topological polar surface area (TPSA) is 60.4 Å². The van der Waals surface area contributed by atoms with E-state index >= 15 is 0 Å². The number of piperidine rings is 1. The second-order valence-electron chi connectivity index (χ2n) is 8.21. The Kier molecular flexibility index (Phi) is 8.42. The molecular formula is C25H34ClNO5. The maximum atomic E-state index is 11.1. The van der Waals surface area contributed by atoms with Gasteiger partial charge in [-0.25, -0.2) is 0 Å². The Morgan fingerprint density at radius 3 is 2.12 bits per heavy atom. The third-order valence-electron chi connectivity index (χ3n) is 6.53. The molecule has 1 N–H and O–H groups in total. The van der Waals surface area contributed by atoms with Crippen molar-refractivity contribution >= 4 is 11.6 Å². The van der Waals surface area contributed by atoms with Crippen LogP contribution in [0.1, 0.15) is 36.8 Å². The number of nitrogens with zero attached hydrogens (tertiary/aromatic N) is 1. The molecule has 0 radical (unpaired) electrons. The molecule has 0 atom stereocenters. The van der Waals surface area contributed by atoms with Crippen molar-refractivity contribution in [2.24, 2.45) is 0 Å². The maximum Gasteiger partial charge on any atom is 0.194 e. The standard InChI is InChI=1S/C25H34ClNO5/c1-29-22-11-8-20(18-23(22)30-2)25(31-3,32-4)12-5-15-27-16-13-24(28,14-17-27)19-6-9-21(26)10-7-19/h6-11,18,28H,5,12-17H2,1-4H3. The monoisotopic (exact) mass is 463 g/mol. The van der Waals surface area contributed by atoms with Gasteiger partial charge in [0.2, 0.25) is 0 Å². The van der Waals surface area contributed by atoms with Gasteiger partial charge < -0.3 is 29.0 Å². The number of hydrogen-bond donors (Lipinski definition) is 1. The third kappa shape index (κ3) is 5.38. The van der Waals surface area contributed by atoms with E-state index in [1.54, 1.807) is 28.4 Å². The number of ether oxygens (including phenoxy) is 4. The van der Waals surface area contributed by atoms with Crippen molar-refractivity contribution in [3.8, 4) is 11.5 Å². The van der Waals surface area contributed by atoms with Crippen LogP contribution in [-0.4, -0.2) is 58.1 Å². The third-order valence-corrected chi connectivity index (χ3v) is 6.78. The first-order chi connectivity index (χ1) is 15.4. The molecule has 1 heterocycles. The van der Waals surface area contributed by atoms with E-state index < -0.39 is 11.4 Å². The summed E-state index contributed by atoms with van der Waals surface area (Å²) in [7, 11) is 6.55. The summed E-state index contributed by atoms with van der Waals surface area (Å²) in [6.07, 6.45) is 2.97. The Bertz CT molecular complexity index is 861. The molecule has 0 aliphatic carbocycles. The van der Waals surface area contributed by atoms with Crippen LogP contribution in [-0.2, 0) is 20.9 Å². The zero-order valence-corrected chi connectivity index (χ0v) is 20.2. The van der Waals surface area contributed by atoms with Gasteiger partial charge in [0.05, 0.1) is 19.8 Å². The number of benzene rings is 2. The van der Waals surface area contributed by atoms with Crippen LogP contribution < -0.4 is 9.47 Å². The Morgan fingerprint density at radius 2 is 1.56 bits per heavy atom. The largest absolute Gasteiger partial charge is 0.493 e. The van der Waals surface area contributed by atoms with Crippen LogP contribution in [0.15, 0.2) is 42.5 Å². The van der Waals surface area contributed by atoms with Crippen molar-refractivity contribution in [1.82, 2.24) is 4.90 Å². The Labute approximate surface area is 196 Å². The van der Waals surface area contributed by atoms with Crippen LogP contribution in [0.25, 0.3) is 0 Å². The van der Waals surface area contributed by atoms with Crippen LogP contribution >= 0.6 is 11.6 Å². The summed E-state index contributed by atoms with van der Waals surface area (Å²) in [6.45, 7) is 2.57. The number of hydrogen-bond acceptors (Lipinski definition) is 6. The van der Waals surface area contributed by atoms with Crippen LogP contribution in [0, 0.1) is 0 Å². The average Bonchev–Trinajstić information content (AvgIpc) is 2.83. The fraction of sp³-hybridized carbons (Fsp3) is 0.520. The predicted octanol–water partition coefficient (Wildman–Crippen LogP) is 4.57. The molecule has 0 saturated carbocycles. The summed E-state index contributed by atoms with van der Waals surface area (Å²) in [5.74, 6) is 0.444. The predicted molar refractivity (Wildman–Crippen MR) is 125 cm³/mol. The van der Waals surface area contributed by atoms with E-state index in [1.807, 2.05) is 42.5 Å². The van der Waals surface area contributed by atoms with Gasteiger partial charge in [0.25, 0.3) is 0 Å². The first-order valence-electron chi connectivity index (χ1n) is 10.9. The summed E-state index contributed by atoms with van der Waals surface area (Å²) in [5, 5.41) is 11.8. The number of likely N-dealkylation sites (tertiary alicyclic amines) is 1. The molecule has 1 fully saturated rings. The lowest BCUT2D eigenvalue weighted by Crippen LogP contribution is -2.43. The quantitative estimate of drug-likeness (QED) is 0.521. The number of methoxy groups -OCH3 is 4. The smallest absolute Gasteiger partial charge is 0.194 e. The molecule has 2 aromatic carbocycles. The minimum Gasteiger partial charge on any atom is -0.493 e. The lowest BCUT2D eigenvalue weighted by Gasteiger charge is -2.39. The van der Waals surface area contributed by atoms with E-state index in [2.05, 4.69) is 4.90 Å². The van der Waals surface area contributed by atoms with Crippen LogP contribution in [0.3, 0.4) is 0 Å². The fourth-order valence-electron chi connectivity index (χ4n) is 4.47.